The van der Waals surface area contributed by atoms with Crippen LogP contribution < -0.4 is 4.74 Å². The quantitative estimate of drug-likeness (QED) is 0.299. The molecule has 2 aromatic heterocycles. The second-order valence-electron chi connectivity index (χ2n) is 8.43. The summed E-state index contributed by atoms with van der Waals surface area (Å²) in [6.45, 7) is 3.42. The van der Waals surface area contributed by atoms with Crippen LogP contribution in [0.15, 0.2) is 51.3 Å². The molecule has 1 fully saturated rings. The molecule has 9 heteroatoms. The Balaban J connectivity index is 1.12. The molecule has 1 saturated heterocycles. The van der Waals surface area contributed by atoms with Gasteiger partial charge in [-0.3, -0.25) is 0 Å². The number of fused-ring (bicyclic) bond motifs is 1. The van der Waals surface area contributed by atoms with Gasteiger partial charge in [0.2, 0.25) is 5.89 Å². The molecule has 4 aromatic rings. The summed E-state index contributed by atoms with van der Waals surface area (Å²) in [6, 6.07) is 13.5. The van der Waals surface area contributed by atoms with Gasteiger partial charge in [-0.05, 0) is 68.1 Å². The van der Waals surface area contributed by atoms with E-state index < -0.39 is 0 Å². The van der Waals surface area contributed by atoms with E-state index in [0.29, 0.717) is 33.9 Å². The fraction of sp³-hybridized carbons (Fsp3) is 0.360. The van der Waals surface area contributed by atoms with Crippen LogP contribution >= 0.6 is 23.2 Å². The number of aliphatic hydroxyl groups excluding tert-OH is 1. The minimum absolute atomic E-state index is 0.146. The molecule has 178 valence electrons. The zero-order chi connectivity index (χ0) is 23.5. The molecule has 0 radical (unpaired) electrons. The highest BCUT2D eigenvalue weighted by Gasteiger charge is 2.21. The molecule has 2 aromatic carbocycles. The third kappa shape index (κ3) is 5.08. The molecule has 7 nitrogen and oxygen atoms in total. The summed E-state index contributed by atoms with van der Waals surface area (Å²) in [6.07, 6.45) is 3.16. The maximum Gasteiger partial charge on any atom is 0.283 e. The average Bonchev–Trinajstić information content (AvgIpc) is 3.51. The smallest absolute Gasteiger partial charge is 0.283 e. The van der Waals surface area contributed by atoms with Gasteiger partial charge in [0.05, 0.1) is 22.0 Å². The van der Waals surface area contributed by atoms with Gasteiger partial charge >= 0.3 is 0 Å². The van der Waals surface area contributed by atoms with Crippen molar-refractivity contribution >= 4 is 34.2 Å². The lowest BCUT2D eigenvalue weighted by Crippen LogP contribution is -2.34. The first-order chi connectivity index (χ1) is 16.6. The summed E-state index contributed by atoms with van der Waals surface area (Å²) >= 11 is 12.2. The molecule has 0 saturated carbocycles. The zero-order valence-corrected chi connectivity index (χ0v) is 20.1. The van der Waals surface area contributed by atoms with E-state index in [9.17, 15) is 0 Å². The number of hydrogen-bond acceptors (Lipinski definition) is 7. The highest BCUT2D eigenvalue weighted by atomic mass is 35.5. The van der Waals surface area contributed by atoms with Crippen molar-refractivity contribution in [1.82, 2.24) is 15.1 Å². The van der Waals surface area contributed by atoms with Crippen LogP contribution in [0.5, 0.6) is 5.75 Å². The van der Waals surface area contributed by atoms with E-state index >= 15 is 0 Å². The van der Waals surface area contributed by atoms with Crippen molar-refractivity contribution in [2.45, 2.75) is 31.8 Å². The largest absolute Gasteiger partial charge is 0.493 e. The number of furan rings is 1. The molecule has 3 heterocycles. The van der Waals surface area contributed by atoms with Crippen LogP contribution in [0.3, 0.4) is 0 Å². The highest BCUT2D eigenvalue weighted by Crippen LogP contribution is 2.34. The van der Waals surface area contributed by atoms with E-state index in [-0.39, 0.29) is 18.4 Å². The van der Waals surface area contributed by atoms with E-state index in [4.69, 9.17) is 41.9 Å². The van der Waals surface area contributed by atoms with Crippen molar-refractivity contribution in [2.75, 3.05) is 26.2 Å². The predicted octanol–water partition coefficient (Wildman–Crippen LogP) is 5.93. The molecule has 5 rings (SSSR count). The van der Waals surface area contributed by atoms with Crippen molar-refractivity contribution in [1.29, 1.82) is 0 Å². The second kappa shape index (κ2) is 10.4. The van der Waals surface area contributed by atoms with E-state index in [2.05, 4.69) is 21.2 Å². The topological polar surface area (TPSA) is 84.8 Å². The number of likely N-dealkylation sites (tertiary alicyclic amines) is 1. The number of benzene rings is 2. The SMILES string of the molecule is OCc1nnc(-c2cc3c(OCCCN4CCC(c5ccc(Cl)c(Cl)c5)CC4)cccc3o2)o1. The molecule has 0 spiro atoms. The van der Waals surface area contributed by atoms with E-state index in [1.54, 1.807) is 0 Å². The van der Waals surface area contributed by atoms with Crippen LogP contribution in [0.1, 0.15) is 36.6 Å². The Bertz CT molecular complexity index is 1260. The van der Waals surface area contributed by atoms with Crippen LogP contribution in [-0.2, 0) is 6.61 Å². The molecule has 1 aliphatic rings. The number of rotatable bonds is 8. The number of ether oxygens (including phenoxy) is 1. The minimum Gasteiger partial charge on any atom is -0.493 e. The lowest BCUT2D eigenvalue weighted by molar-refractivity contribution is 0.193. The fourth-order valence-electron chi connectivity index (χ4n) is 4.41. The summed E-state index contributed by atoms with van der Waals surface area (Å²) in [5.41, 5.74) is 1.96. The Kier molecular flexibility index (Phi) is 7.06. The summed E-state index contributed by atoms with van der Waals surface area (Å²) in [4.78, 5) is 2.49. The van der Waals surface area contributed by atoms with Crippen molar-refractivity contribution in [3.63, 3.8) is 0 Å². The Morgan fingerprint density at radius 2 is 1.88 bits per heavy atom. The minimum atomic E-state index is -0.311. The molecular weight excluding hydrogens is 477 g/mol. The Labute approximate surface area is 207 Å². The standard InChI is InChI=1S/C25H25Cl2N3O4/c26-19-6-5-17(13-20(19)27)16-7-10-30(11-8-16)9-2-12-32-21-3-1-4-22-18(21)14-23(33-22)25-29-28-24(15-31)34-25/h1,3-6,13-14,16,31H,2,7-12,15H2. The number of nitrogens with zero attached hydrogens (tertiary/aromatic N) is 3. The van der Waals surface area contributed by atoms with Crippen LogP contribution in [0.4, 0.5) is 0 Å². The maximum absolute atomic E-state index is 9.12. The van der Waals surface area contributed by atoms with Crippen LogP contribution in [0, 0.1) is 0 Å². The van der Waals surface area contributed by atoms with Crippen LogP contribution in [0.25, 0.3) is 22.6 Å². The van der Waals surface area contributed by atoms with Crippen molar-refractivity contribution in [3.8, 4) is 17.4 Å². The normalized spacial score (nSPS) is 15.3. The van der Waals surface area contributed by atoms with Gasteiger partial charge in [-0.2, -0.15) is 0 Å². The number of hydrogen-bond donors (Lipinski definition) is 1. The number of halogens is 2. The second-order valence-corrected chi connectivity index (χ2v) is 9.24. The summed E-state index contributed by atoms with van der Waals surface area (Å²) < 4.78 is 17.3. The molecule has 0 amide bonds. The van der Waals surface area contributed by atoms with Crippen LogP contribution in [0.2, 0.25) is 10.0 Å². The first-order valence-electron chi connectivity index (χ1n) is 11.4. The van der Waals surface area contributed by atoms with E-state index in [1.165, 1.54) is 5.56 Å². The summed E-state index contributed by atoms with van der Waals surface area (Å²) in [5.74, 6) is 2.11. The fourth-order valence-corrected chi connectivity index (χ4v) is 4.72. The van der Waals surface area contributed by atoms with Crippen molar-refractivity contribution in [3.05, 3.63) is 64.0 Å². The van der Waals surface area contributed by atoms with Gasteiger partial charge in [0.25, 0.3) is 5.89 Å². The Hall–Kier alpha value is -2.58. The lowest BCUT2D eigenvalue weighted by Gasteiger charge is -2.32. The molecule has 0 atom stereocenters. The molecule has 1 aliphatic heterocycles. The van der Waals surface area contributed by atoms with Crippen molar-refractivity contribution in [2.24, 2.45) is 0 Å². The monoisotopic (exact) mass is 501 g/mol. The van der Waals surface area contributed by atoms with E-state index in [0.717, 1.165) is 50.0 Å². The van der Waals surface area contributed by atoms with Gasteiger partial charge in [0.15, 0.2) is 5.76 Å². The van der Waals surface area contributed by atoms with Gasteiger partial charge in [-0.1, -0.05) is 35.3 Å². The molecule has 0 aliphatic carbocycles. The maximum atomic E-state index is 9.12. The summed E-state index contributed by atoms with van der Waals surface area (Å²) in [5, 5.41) is 18.9. The zero-order valence-electron chi connectivity index (χ0n) is 18.5. The van der Waals surface area contributed by atoms with Gasteiger partial charge in [-0.25, -0.2) is 0 Å². The predicted molar refractivity (Wildman–Crippen MR) is 130 cm³/mol. The molecule has 0 unspecified atom stereocenters. The summed E-state index contributed by atoms with van der Waals surface area (Å²) in [7, 11) is 0. The first-order valence-corrected chi connectivity index (χ1v) is 12.1. The Morgan fingerprint density at radius 1 is 1.03 bits per heavy atom. The molecular formula is C25H25Cl2N3O4. The lowest BCUT2D eigenvalue weighted by atomic mass is 9.89. The molecule has 1 N–H and O–H groups in total. The van der Waals surface area contributed by atoms with Gasteiger partial charge < -0.3 is 23.6 Å². The number of aliphatic hydroxyl groups is 1. The highest BCUT2D eigenvalue weighted by molar-refractivity contribution is 6.42. The molecule has 34 heavy (non-hydrogen) atoms. The third-order valence-electron chi connectivity index (χ3n) is 6.21. The van der Waals surface area contributed by atoms with Gasteiger partial charge in [0, 0.05) is 12.6 Å². The van der Waals surface area contributed by atoms with Gasteiger partial charge in [0.1, 0.15) is 17.9 Å². The first kappa shape index (κ1) is 23.2. The number of aromatic nitrogens is 2. The number of piperidine rings is 1. The third-order valence-corrected chi connectivity index (χ3v) is 6.95. The van der Waals surface area contributed by atoms with Crippen molar-refractivity contribution < 1.29 is 18.7 Å². The Morgan fingerprint density at radius 3 is 2.65 bits per heavy atom. The average molecular weight is 502 g/mol. The van der Waals surface area contributed by atoms with E-state index in [1.807, 2.05) is 36.4 Å². The molecule has 0 bridgehead atoms. The van der Waals surface area contributed by atoms with Crippen LogP contribution in [-0.4, -0.2) is 46.4 Å². The van der Waals surface area contributed by atoms with Gasteiger partial charge in [-0.15, -0.1) is 10.2 Å².